The first kappa shape index (κ1) is 10.3. The maximum absolute atomic E-state index is 6.03. The molecule has 2 heteroatoms. The van der Waals surface area contributed by atoms with E-state index in [0.29, 0.717) is 5.92 Å². The number of hydrogen-bond donors (Lipinski definition) is 0. The van der Waals surface area contributed by atoms with Gasteiger partial charge in [-0.05, 0) is 11.8 Å². The molecule has 1 fully saturated rings. The summed E-state index contributed by atoms with van der Waals surface area (Å²) in [5.74, 6) is 1.30. The predicted molar refractivity (Wildman–Crippen MR) is 52.4 cm³/mol. The first-order valence-electron chi connectivity index (χ1n) is 4.92. The number of alkyl halides is 1. The molecule has 0 aromatic carbocycles. The molecule has 1 saturated carbocycles. The Kier molecular flexibility index (Phi) is 4.38. The highest BCUT2D eigenvalue weighted by atomic mass is 35.5. The Labute approximate surface area is 80.4 Å². The Bertz CT molecular complexity index is 121. The minimum atomic E-state index is -0.0897. The maximum Gasteiger partial charge on any atom is 0.133 e. The SMILES string of the molecule is COC(Cl)C(C)C1CCCCC1. The summed E-state index contributed by atoms with van der Waals surface area (Å²) in [7, 11) is 1.69. The van der Waals surface area contributed by atoms with Gasteiger partial charge in [0, 0.05) is 7.11 Å². The van der Waals surface area contributed by atoms with E-state index in [1.54, 1.807) is 7.11 Å². The second-order valence-electron chi connectivity index (χ2n) is 3.84. The molecule has 1 rings (SSSR count). The van der Waals surface area contributed by atoms with Crippen molar-refractivity contribution in [2.24, 2.45) is 11.8 Å². The van der Waals surface area contributed by atoms with Gasteiger partial charge in [0.05, 0.1) is 0 Å². The molecule has 0 bridgehead atoms. The molecule has 1 aliphatic rings. The Morgan fingerprint density at radius 3 is 2.33 bits per heavy atom. The van der Waals surface area contributed by atoms with E-state index in [1.807, 2.05) is 0 Å². The molecule has 0 aliphatic heterocycles. The summed E-state index contributed by atoms with van der Waals surface area (Å²) in [5.41, 5.74) is -0.0897. The normalized spacial score (nSPS) is 25.2. The molecule has 0 heterocycles. The van der Waals surface area contributed by atoms with Crippen molar-refractivity contribution in [2.45, 2.75) is 44.6 Å². The van der Waals surface area contributed by atoms with E-state index in [0.717, 1.165) is 5.92 Å². The summed E-state index contributed by atoms with van der Waals surface area (Å²) in [6.45, 7) is 2.21. The highest BCUT2D eigenvalue weighted by molar-refractivity contribution is 6.19. The van der Waals surface area contributed by atoms with Crippen LogP contribution in [-0.4, -0.2) is 12.7 Å². The molecule has 72 valence electrons. The molecule has 0 aromatic heterocycles. The summed E-state index contributed by atoms with van der Waals surface area (Å²) in [5, 5.41) is 0. The molecular formula is C10H19ClO. The lowest BCUT2D eigenvalue weighted by molar-refractivity contribution is 0.0828. The van der Waals surface area contributed by atoms with Crippen LogP contribution < -0.4 is 0 Å². The molecule has 1 nitrogen and oxygen atoms in total. The van der Waals surface area contributed by atoms with Crippen molar-refractivity contribution in [1.82, 2.24) is 0 Å². The van der Waals surface area contributed by atoms with E-state index in [4.69, 9.17) is 16.3 Å². The number of halogens is 1. The van der Waals surface area contributed by atoms with E-state index in [9.17, 15) is 0 Å². The predicted octanol–water partition coefficient (Wildman–Crippen LogP) is 3.41. The van der Waals surface area contributed by atoms with Gasteiger partial charge in [0.15, 0.2) is 0 Å². The van der Waals surface area contributed by atoms with Crippen molar-refractivity contribution < 1.29 is 4.74 Å². The van der Waals surface area contributed by atoms with E-state index in [2.05, 4.69) is 6.92 Å². The van der Waals surface area contributed by atoms with Gasteiger partial charge >= 0.3 is 0 Å². The third-order valence-electron chi connectivity index (χ3n) is 3.03. The number of rotatable bonds is 3. The van der Waals surface area contributed by atoms with Crippen molar-refractivity contribution in [1.29, 1.82) is 0 Å². The Morgan fingerprint density at radius 2 is 1.83 bits per heavy atom. The van der Waals surface area contributed by atoms with Crippen molar-refractivity contribution in [2.75, 3.05) is 7.11 Å². The highest BCUT2D eigenvalue weighted by Gasteiger charge is 2.25. The quantitative estimate of drug-likeness (QED) is 0.620. The lowest BCUT2D eigenvalue weighted by Crippen LogP contribution is -2.24. The van der Waals surface area contributed by atoms with E-state index in [1.165, 1.54) is 32.1 Å². The largest absolute Gasteiger partial charge is 0.365 e. The Hall–Kier alpha value is 0.250. The molecule has 2 unspecified atom stereocenters. The fourth-order valence-electron chi connectivity index (χ4n) is 2.09. The number of hydrogen-bond acceptors (Lipinski definition) is 1. The van der Waals surface area contributed by atoms with Crippen molar-refractivity contribution in [3.8, 4) is 0 Å². The van der Waals surface area contributed by atoms with Crippen molar-refractivity contribution >= 4 is 11.6 Å². The minimum absolute atomic E-state index is 0.0897. The molecule has 2 atom stereocenters. The van der Waals surface area contributed by atoms with E-state index < -0.39 is 0 Å². The maximum atomic E-state index is 6.03. The smallest absolute Gasteiger partial charge is 0.133 e. The summed E-state index contributed by atoms with van der Waals surface area (Å²) in [6, 6.07) is 0. The summed E-state index contributed by atoms with van der Waals surface area (Å²) in [6.07, 6.45) is 6.84. The molecular weight excluding hydrogens is 172 g/mol. The van der Waals surface area contributed by atoms with E-state index >= 15 is 0 Å². The molecule has 0 aromatic rings. The zero-order chi connectivity index (χ0) is 8.97. The van der Waals surface area contributed by atoms with Crippen LogP contribution in [0.2, 0.25) is 0 Å². The van der Waals surface area contributed by atoms with Gasteiger partial charge in [-0.25, -0.2) is 0 Å². The number of methoxy groups -OCH3 is 1. The fourth-order valence-corrected chi connectivity index (χ4v) is 2.29. The molecule has 12 heavy (non-hydrogen) atoms. The average molecular weight is 191 g/mol. The van der Waals surface area contributed by atoms with Crippen LogP contribution in [0.15, 0.2) is 0 Å². The Morgan fingerprint density at radius 1 is 1.25 bits per heavy atom. The summed E-state index contributed by atoms with van der Waals surface area (Å²) >= 11 is 6.03. The second-order valence-corrected chi connectivity index (χ2v) is 4.27. The molecule has 1 aliphatic carbocycles. The van der Waals surface area contributed by atoms with Crippen LogP contribution >= 0.6 is 11.6 Å². The Balaban J connectivity index is 2.33. The lowest BCUT2D eigenvalue weighted by atomic mass is 9.81. The molecule has 0 amide bonds. The topological polar surface area (TPSA) is 9.23 Å². The molecule has 0 N–H and O–H groups in total. The standard InChI is InChI=1S/C10H19ClO/c1-8(10(11)12-2)9-6-4-3-5-7-9/h8-10H,3-7H2,1-2H3. The van der Waals surface area contributed by atoms with Crippen LogP contribution in [0.5, 0.6) is 0 Å². The third-order valence-corrected chi connectivity index (χ3v) is 3.61. The third kappa shape index (κ3) is 2.63. The first-order valence-corrected chi connectivity index (χ1v) is 5.36. The second kappa shape index (κ2) is 5.08. The van der Waals surface area contributed by atoms with Gasteiger partial charge in [0.1, 0.15) is 5.56 Å². The van der Waals surface area contributed by atoms with Gasteiger partial charge in [-0.3, -0.25) is 0 Å². The highest BCUT2D eigenvalue weighted by Crippen LogP contribution is 2.33. The van der Waals surface area contributed by atoms with Crippen LogP contribution in [0.4, 0.5) is 0 Å². The fraction of sp³-hybridized carbons (Fsp3) is 1.00. The summed E-state index contributed by atoms with van der Waals surface area (Å²) < 4.78 is 5.13. The van der Waals surface area contributed by atoms with Gasteiger partial charge in [0.25, 0.3) is 0 Å². The zero-order valence-corrected chi connectivity index (χ0v) is 8.81. The lowest BCUT2D eigenvalue weighted by Gasteiger charge is -2.29. The summed E-state index contributed by atoms with van der Waals surface area (Å²) in [4.78, 5) is 0. The molecule has 0 radical (unpaired) electrons. The van der Waals surface area contributed by atoms with Gasteiger partial charge in [0.2, 0.25) is 0 Å². The molecule has 0 saturated heterocycles. The zero-order valence-electron chi connectivity index (χ0n) is 8.05. The van der Waals surface area contributed by atoms with Crippen LogP contribution in [0.1, 0.15) is 39.0 Å². The van der Waals surface area contributed by atoms with Crippen molar-refractivity contribution in [3.63, 3.8) is 0 Å². The van der Waals surface area contributed by atoms with Crippen LogP contribution in [-0.2, 0) is 4.74 Å². The monoisotopic (exact) mass is 190 g/mol. The van der Waals surface area contributed by atoms with Crippen LogP contribution in [0.25, 0.3) is 0 Å². The van der Waals surface area contributed by atoms with E-state index in [-0.39, 0.29) is 5.56 Å². The van der Waals surface area contributed by atoms with Crippen LogP contribution in [0, 0.1) is 11.8 Å². The number of ether oxygens (including phenoxy) is 1. The average Bonchev–Trinajstić information content (AvgIpc) is 2.17. The molecule has 0 spiro atoms. The van der Waals surface area contributed by atoms with Crippen molar-refractivity contribution in [3.05, 3.63) is 0 Å². The van der Waals surface area contributed by atoms with Gasteiger partial charge < -0.3 is 4.74 Å². The van der Waals surface area contributed by atoms with Gasteiger partial charge in [-0.1, -0.05) is 50.6 Å². The first-order chi connectivity index (χ1) is 5.75. The minimum Gasteiger partial charge on any atom is -0.365 e. The van der Waals surface area contributed by atoms with Gasteiger partial charge in [-0.15, -0.1) is 0 Å². The van der Waals surface area contributed by atoms with Gasteiger partial charge in [-0.2, -0.15) is 0 Å². The van der Waals surface area contributed by atoms with Crippen LogP contribution in [0.3, 0.4) is 0 Å².